The third kappa shape index (κ3) is 3.85. The van der Waals surface area contributed by atoms with E-state index < -0.39 is 18.7 Å². The zero-order chi connectivity index (χ0) is 12.0. The minimum Gasteiger partial charge on any atom is -0.508 e. The van der Waals surface area contributed by atoms with Crippen molar-refractivity contribution < 1.29 is 19.8 Å². The van der Waals surface area contributed by atoms with Crippen LogP contribution in [-0.4, -0.2) is 29.0 Å². The van der Waals surface area contributed by atoms with E-state index in [1.165, 1.54) is 12.1 Å². The van der Waals surface area contributed by atoms with Crippen molar-refractivity contribution in [3.8, 4) is 5.75 Å². The third-order valence-electron chi connectivity index (χ3n) is 1.97. The molecule has 88 valence electrons. The van der Waals surface area contributed by atoms with Gasteiger partial charge in [-0.25, -0.2) is 10.3 Å². The number of nitrogens with one attached hydrogen (secondary N) is 1. The van der Waals surface area contributed by atoms with Crippen molar-refractivity contribution in [1.29, 1.82) is 0 Å². The maximum absolute atomic E-state index is 11.3. The Morgan fingerprint density at radius 1 is 1.44 bits per heavy atom. The van der Waals surface area contributed by atoms with Gasteiger partial charge in [0.05, 0.1) is 6.04 Å². The fourth-order valence-corrected chi connectivity index (χ4v) is 1.16. The molecule has 0 aliphatic rings. The number of carbonyl (C=O) groups is 1. The molecule has 6 heteroatoms. The van der Waals surface area contributed by atoms with Crippen LogP contribution in [0.2, 0.25) is 0 Å². The summed E-state index contributed by atoms with van der Waals surface area (Å²) < 4.78 is 0. The molecule has 1 aromatic carbocycles. The van der Waals surface area contributed by atoms with Gasteiger partial charge in [0.1, 0.15) is 5.75 Å². The van der Waals surface area contributed by atoms with E-state index in [4.69, 9.17) is 15.9 Å². The van der Waals surface area contributed by atoms with Gasteiger partial charge in [0, 0.05) is 0 Å². The number of nitrogens with two attached hydrogens (primary N) is 1. The molecule has 0 bridgehead atoms. The summed E-state index contributed by atoms with van der Waals surface area (Å²) in [7, 11) is 0. The van der Waals surface area contributed by atoms with Crippen LogP contribution in [-0.2, 0) is 16.1 Å². The highest BCUT2D eigenvalue weighted by atomic mass is 16.7. The van der Waals surface area contributed by atoms with Crippen LogP contribution in [0.25, 0.3) is 0 Å². The first-order valence-corrected chi connectivity index (χ1v) is 4.69. The number of hydrogen-bond donors (Lipinski definition) is 4. The molecule has 0 aliphatic heterocycles. The second-order valence-corrected chi connectivity index (χ2v) is 3.22. The van der Waals surface area contributed by atoms with E-state index in [-0.39, 0.29) is 5.75 Å². The summed E-state index contributed by atoms with van der Waals surface area (Å²) >= 11 is 0. The summed E-state index contributed by atoms with van der Waals surface area (Å²) in [6.45, 7) is -0.600. The summed E-state index contributed by atoms with van der Waals surface area (Å²) in [4.78, 5) is 15.6. The number of amides is 1. The minimum atomic E-state index is -0.768. The van der Waals surface area contributed by atoms with Crippen molar-refractivity contribution in [3.05, 3.63) is 29.8 Å². The minimum absolute atomic E-state index is 0.158. The Labute approximate surface area is 92.6 Å². The van der Waals surface area contributed by atoms with Crippen LogP contribution >= 0.6 is 0 Å². The highest BCUT2D eigenvalue weighted by molar-refractivity contribution is 5.80. The SMILES string of the molecule is N[C@@H](Cc1ccc(O)cc1)C(=O)NOCO. The highest BCUT2D eigenvalue weighted by Crippen LogP contribution is 2.10. The molecule has 0 aromatic heterocycles. The largest absolute Gasteiger partial charge is 0.508 e. The number of phenols is 1. The van der Waals surface area contributed by atoms with Crippen LogP contribution in [0.15, 0.2) is 24.3 Å². The second kappa shape index (κ2) is 6.06. The first kappa shape index (κ1) is 12.4. The van der Waals surface area contributed by atoms with Crippen molar-refractivity contribution in [3.63, 3.8) is 0 Å². The molecule has 1 amide bonds. The van der Waals surface area contributed by atoms with Crippen molar-refractivity contribution in [2.45, 2.75) is 12.5 Å². The summed E-state index contributed by atoms with van der Waals surface area (Å²) in [6.07, 6.45) is 0.320. The van der Waals surface area contributed by atoms with Crippen LogP contribution < -0.4 is 11.2 Å². The molecule has 1 rings (SSSR count). The molecule has 0 fully saturated rings. The number of phenolic OH excluding ortho intramolecular Hbond substituents is 1. The monoisotopic (exact) mass is 226 g/mol. The Balaban J connectivity index is 2.47. The van der Waals surface area contributed by atoms with Gasteiger partial charge in [-0.2, -0.15) is 0 Å². The fraction of sp³-hybridized carbons (Fsp3) is 0.300. The van der Waals surface area contributed by atoms with Crippen LogP contribution in [0.5, 0.6) is 5.75 Å². The summed E-state index contributed by atoms with van der Waals surface area (Å²) in [6, 6.07) is 5.62. The molecule has 0 saturated heterocycles. The Bertz CT molecular complexity index is 339. The van der Waals surface area contributed by atoms with Crippen molar-refractivity contribution in [1.82, 2.24) is 5.48 Å². The van der Waals surface area contributed by atoms with Gasteiger partial charge in [0.25, 0.3) is 5.91 Å². The Morgan fingerprint density at radius 2 is 2.06 bits per heavy atom. The summed E-state index contributed by atoms with van der Waals surface area (Å²) in [5.74, 6) is -0.354. The zero-order valence-corrected chi connectivity index (χ0v) is 8.59. The molecule has 1 aromatic rings. The number of carbonyl (C=O) groups excluding carboxylic acids is 1. The standard InChI is InChI=1S/C10H14N2O4/c11-9(10(15)12-16-6-13)5-7-1-3-8(14)4-2-7/h1-4,9,13-14H,5-6,11H2,(H,12,15)/t9-/m0/s1. The second-order valence-electron chi connectivity index (χ2n) is 3.22. The van der Waals surface area contributed by atoms with E-state index in [1.807, 2.05) is 5.48 Å². The zero-order valence-electron chi connectivity index (χ0n) is 8.59. The Morgan fingerprint density at radius 3 is 2.62 bits per heavy atom. The van der Waals surface area contributed by atoms with Gasteiger partial charge in [-0.3, -0.25) is 4.79 Å². The molecule has 0 radical (unpaired) electrons. The molecule has 0 unspecified atom stereocenters. The predicted octanol–water partition coefficient (Wildman–Crippen LogP) is -0.740. The van der Waals surface area contributed by atoms with Gasteiger partial charge in [-0.15, -0.1) is 0 Å². The van der Waals surface area contributed by atoms with E-state index in [9.17, 15) is 4.79 Å². The molecule has 0 spiro atoms. The molecule has 6 nitrogen and oxygen atoms in total. The van der Waals surface area contributed by atoms with Crippen LogP contribution in [0.3, 0.4) is 0 Å². The average molecular weight is 226 g/mol. The maximum Gasteiger partial charge on any atom is 0.260 e. The van der Waals surface area contributed by atoms with E-state index in [0.29, 0.717) is 6.42 Å². The lowest BCUT2D eigenvalue weighted by Crippen LogP contribution is -2.42. The average Bonchev–Trinajstić information content (AvgIpc) is 2.29. The third-order valence-corrected chi connectivity index (χ3v) is 1.97. The van der Waals surface area contributed by atoms with Crippen molar-refractivity contribution in [2.24, 2.45) is 5.73 Å². The molecule has 0 saturated carbocycles. The lowest BCUT2D eigenvalue weighted by Gasteiger charge is -2.11. The smallest absolute Gasteiger partial charge is 0.260 e. The lowest BCUT2D eigenvalue weighted by atomic mass is 10.1. The number of aliphatic hydroxyl groups excluding tert-OH is 1. The van der Waals surface area contributed by atoms with Crippen LogP contribution in [0, 0.1) is 0 Å². The number of aliphatic hydroxyl groups is 1. The van der Waals surface area contributed by atoms with E-state index in [2.05, 4.69) is 4.84 Å². The van der Waals surface area contributed by atoms with Gasteiger partial charge >= 0.3 is 0 Å². The van der Waals surface area contributed by atoms with E-state index in [0.717, 1.165) is 5.56 Å². The van der Waals surface area contributed by atoms with Gasteiger partial charge in [0.2, 0.25) is 0 Å². The number of aromatic hydroxyl groups is 1. The summed E-state index contributed by atoms with van der Waals surface area (Å²) in [5, 5.41) is 17.4. The summed E-state index contributed by atoms with van der Waals surface area (Å²) in [5.41, 5.74) is 8.42. The van der Waals surface area contributed by atoms with Crippen molar-refractivity contribution >= 4 is 5.91 Å². The number of benzene rings is 1. The van der Waals surface area contributed by atoms with E-state index in [1.54, 1.807) is 12.1 Å². The van der Waals surface area contributed by atoms with Crippen molar-refractivity contribution in [2.75, 3.05) is 6.79 Å². The number of hydrogen-bond acceptors (Lipinski definition) is 5. The molecule has 16 heavy (non-hydrogen) atoms. The Kier molecular flexibility index (Phi) is 4.71. The normalized spacial score (nSPS) is 12.1. The van der Waals surface area contributed by atoms with Gasteiger partial charge in [-0.1, -0.05) is 12.1 Å². The quantitative estimate of drug-likeness (QED) is 0.391. The lowest BCUT2D eigenvalue weighted by molar-refractivity contribution is -0.143. The molecule has 5 N–H and O–H groups in total. The molecule has 0 aliphatic carbocycles. The van der Waals surface area contributed by atoms with Crippen LogP contribution in [0.1, 0.15) is 5.56 Å². The van der Waals surface area contributed by atoms with Gasteiger partial charge < -0.3 is 15.9 Å². The van der Waals surface area contributed by atoms with E-state index >= 15 is 0 Å². The highest BCUT2D eigenvalue weighted by Gasteiger charge is 2.13. The van der Waals surface area contributed by atoms with Gasteiger partial charge in [0.15, 0.2) is 6.79 Å². The van der Waals surface area contributed by atoms with Crippen LogP contribution in [0.4, 0.5) is 0 Å². The number of hydroxylamine groups is 1. The first-order chi connectivity index (χ1) is 7.63. The van der Waals surface area contributed by atoms with Gasteiger partial charge in [-0.05, 0) is 24.1 Å². The molecular weight excluding hydrogens is 212 g/mol. The maximum atomic E-state index is 11.3. The molecular formula is C10H14N2O4. The molecule has 0 heterocycles. The molecule has 1 atom stereocenters. The first-order valence-electron chi connectivity index (χ1n) is 4.69. The topological polar surface area (TPSA) is 105 Å². The Hall–Kier alpha value is -1.63. The fourth-order valence-electron chi connectivity index (χ4n) is 1.16. The number of rotatable bonds is 5. The predicted molar refractivity (Wildman–Crippen MR) is 56.1 cm³/mol.